The van der Waals surface area contributed by atoms with E-state index in [4.69, 9.17) is 11.1 Å². The number of allylic oxidation sites excluding steroid dienone is 2. The SMILES string of the molecule is C=C[C@H](C)CSCC(C)C(=N)C(=C)N. The van der Waals surface area contributed by atoms with Gasteiger partial charge in [0.05, 0.1) is 5.71 Å². The topological polar surface area (TPSA) is 49.9 Å². The van der Waals surface area contributed by atoms with Crippen LogP contribution >= 0.6 is 11.8 Å². The largest absolute Gasteiger partial charge is 0.398 e. The fourth-order valence-electron chi connectivity index (χ4n) is 0.899. The van der Waals surface area contributed by atoms with Gasteiger partial charge in [0.15, 0.2) is 0 Å². The summed E-state index contributed by atoms with van der Waals surface area (Å²) in [6.45, 7) is 11.4. The molecule has 0 aliphatic rings. The minimum atomic E-state index is 0.189. The molecule has 0 bridgehead atoms. The number of hydrogen-bond acceptors (Lipinski definition) is 3. The van der Waals surface area contributed by atoms with Gasteiger partial charge in [-0.2, -0.15) is 11.8 Å². The highest BCUT2D eigenvalue weighted by Gasteiger charge is 2.10. The van der Waals surface area contributed by atoms with E-state index in [1.54, 1.807) is 0 Å². The normalized spacial score (nSPS) is 14.4. The van der Waals surface area contributed by atoms with Crippen LogP contribution < -0.4 is 5.73 Å². The Morgan fingerprint density at radius 2 is 2.07 bits per heavy atom. The Balaban J connectivity index is 3.74. The quantitative estimate of drug-likeness (QED) is 0.503. The summed E-state index contributed by atoms with van der Waals surface area (Å²) in [5.41, 5.74) is 6.30. The second kappa shape index (κ2) is 6.71. The highest BCUT2D eigenvalue weighted by Crippen LogP contribution is 2.15. The van der Waals surface area contributed by atoms with Crippen LogP contribution in [0.15, 0.2) is 24.9 Å². The van der Waals surface area contributed by atoms with E-state index in [2.05, 4.69) is 20.1 Å². The average molecular weight is 212 g/mol. The first-order chi connectivity index (χ1) is 6.49. The van der Waals surface area contributed by atoms with Crippen LogP contribution in [0.25, 0.3) is 0 Å². The molecule has 0 fully saturated rings. The van der Waals surface area contributed by atoms with Gasteiger partial charge in [-0.25, -0.2) is 0 Å². The maximum Gasteiger partial charge on any atom is 0.0573 e. The zero-order chi connectivity index (χ0) is 11.1. The minimum Gasteiger partial charge on any atom is -0.398 e. The van der Waals surface area contributed by atoms with Crippen LogP contribution in [0.2, 0.25) is 0 Å². The van der Waals surface area contributed by atoms with Gasteiger partial charge in [0.1, 0.15) is 0 Å². The smallest absolute Gasteiger partial charge is 0.0573 e. The van der Waals surface area contributed by atoms with Gasteiger partial charge in [0.2, 0.25) is 0 Å². The summed E-state index contributed by atoms with van der Waals surface area (Å²) in [4.78, 5) is 0. The predicted octanol–water partition coefficient (Wildman–Crippen LogP) is 2.67. The summed E-state index contributed by atoms with van der Waals surface area (Å²) in [5.74, 6) is 2.70. The molecule has 14 heavy (non-hydrogen) atoms. The zero-order valence-electron chi connectivity index (χ0n) is 9.05. The van der Waals surface area contributed by atoms with E-state index in [1.807, 2.05) is 24.8 Å². The second-order valence-corrected chi connectivity index (χ2v) is 4.67. The third kappa shape index (κ3) is 5.12. The molecule has 0 spiro atoms. The molecule has 1 unspecified atom stereocenters. The lowest BCUT2D eigenvalue weighted by Gasteiger charge is -2.13. The third-order valence-electron chi connectivity index (χ3n) is 1.99. The van der Waals surface area contributed by atoms with Crippen LogP contribution in [0.4, 0.5) is 0 Å². The molecule has 0 saturated heterocycles. The van der Waals surface area contributed by atoms with E-state index in [0.29, 0.717) is 17.3 Å². The van der Waals surface area contributed by atoms with E-state index in [0.717, 1.165) is 11.5 Å². The average Bonchev–Trinajstić information content (AvgIpc) is 2.15. The maximum absolute atomic E-state index is 7.62. The highest BCUT2D eigenvalue weighted by atomic mass is 32.2. The van der Waals surface area contributed by atoms with Crippen molar-refractivity contribution in [2.45, 2.75) is 13.8 Å². The zero-order valence-corrected chi connectivity index (χ0v) is 9.86. The minimum absolute atomic E-state index is 0.189. The van der Waals surface area contributed by atoms with E-state index < -0.39 is 0 Å². The molecule has 0 aromatic carbocycles. The van der Waals surface area contributed by atoms with Crippen molar-refractivity contribution in [3.63, 3.8) is 0 Å². The van der Waals surface area contributed by atoms with E-state index >= 15 is 0 Å². The van der Waals surface area contributed by atoms with Gasteiger partial charge in [0.25, 0.3) is 0 Å². The van der Waals surface area contributed by atoms with Gasteiger partial charge in [0, 0.05) is 17.4 Å². The Morgan fingerprint density at radius 1 is 1.50 bits per heavy atom. The van der Waals surface area contributed by atoms with Crippen LogP contribution in [0, 0.1) is 17.2 Å². The Hall–Kier alpha value is -0.700. The van der Waals surface area contributed by atoms with Crippen molar-refractivity contribution in [3.05, 3.63) is 24.9 Å². The lowest BCUT2D eigenvalue weighted by molar-refractivity contribution is 0.839. The van der Waals surface area contributed by atoms with Gasteiger partial charge in [-0.3, -0.25) is 0 Å². The highest BCUT2D eigenvalue weighted by molar-refractivity contribution is 7.99. The Labute approximate surface area is 91.2 Å². The van der Waals surface area contributed by atoms with Gasteiger partial charge in [-0.15, -0.1) is 6.58 Å². The van der Waals surface area contributed by atoms with Crippen molar-refractivity contribution in [2.24, 2.45) is 17.6 Å². The first-order valence-electron chi connectivity index (χ1n) is 4.72. The Kier molecular flexibility index (Phi) is 6.37. The predicted molar refractivity (Wildman–Crippen MR) is 66.9 cm³/mol. The summed E-state index contributed by atoms with van der Waals surface area (Å²) in [6, 6.07) is 0. The molecule has 2 atom stereocenters. The van der Waals surface area contributed by atoms with Crippen molar-refractivity contribution in [3.8, 4) is 0 Å². The number of nitrogens with two attached hydrogens (primary N) is 1. The number of nitrogens with one attached hydrogen (secondary N) is 1. The maximum atomic E-state index is 7.62. The Bertz CT molecular complexity index is 223. The van der Waals surface area contributed by atoms with Crippen LogP contribution in [-0.4, -0.2) is 17.2 Å². The lowest BCUT2D eigenvalue weighted by atomic mass is 10.1. The standard InChI is InChI=1S/C11H20N2S/c1-5-8(2)6-14-7-9(3)11(13)10(4)12/h5,8-9,13H,1,4,6-7,12H2,2-3H3/t8-,9?/m0/s1. The van der Waals surface area contributed by atoms with Crippen molar-refractivity contribution in [1.29, 1.82) is 5.41 Å². The molecule has 0 radical (unpaired) electrons. The molecule has 0 aliphatic carbocycles. The second-order valence-electron chi connectivity index (χ2n) is 3.59. The van der Waals surface area contributed by atoms with Gasteiger partial charge in [-0.05, 0) is 11.7 Å². The summed E-state index contributed by atoms with van der Waals surface area (Å²) in [5, 5.41) is 7.62. The Morgan fingerprint density at radius 3 is 2.50 bits per heavy atom. The van der Waals surface area contributed by atoms with E-state index in [9.17, 15) is 0 Å². The summed E-state index contributed by atoms with van der Waals surface area (Å²) >= 11 is 1.83. The number of rotatable bonds is 7. The molecule has 0 amide bonds. The molecule has 80 valence electrons. The fourth-order valence-corrected chi connectivity index (χ4v) is 2.06. The van der Waals surface area contributed by atoms with Gasteiger partial charge in [-0.1, -0.05) is 26.5 Å². The number of hydrogen-bond donors (Lipinski definition) is 2. The first kappa shape index (κ1) is 13.3. The van der Waals surface area contributed by atoms with Crippen molar-refractivity contribution in [1.82, 2.24) is 0 Å². The molecule has 0 aromatic rings. The fraction of sp³-hybridized carbons (Fsp3) is 0.545. The molecule has 3 N–H and O–H groups in total. The van der Waals surface area contributed by atoms with E-state index in [-0.39, 0.29) is 5.92 Å². The first-order valence-corrected chi connectivity index (χ1v) is 5.88. The van der Waals surface area contributed by atoms with Gasteiger partial charge >= 0.3 is 0 Å². The molecule has 0 heterocycles. The molecule has 3 heteroatoms. The van der Waals surface area contributed by atoms with Crippen LogP contribution in [0.3, 0.4) is 0 Å². The third-order valence-corrected chi connectivity index (χ3v) is 3.49. The van der Waals surface area contributed by atoms with Crippen molar-refractivity contribution >= 4 is 17.5 Å². The summed E-state index contributed by atoms with van der Waals surface area (Å²) in [7, 11) is 0. The molecule has 0 aromatic heterocycles. The lowest BCUT2D eigenvalue weighted by Crippen LogP contribution is -2.19. The summed E-state index contributed by atoms with van der Waals surface area (Å²) in [6.07, 6.45) is 1.95. The van der Waals surface area contributed by atoms with Gasteiger partial charge < -0.3 is 11.1 Å². The van der Waals surface area contributed by atoms with Crippen molar-refractivity contribution < 1.29 is 0 Å². The van der Waals surface area contributed by atoms with Crippen LogP contribution in [0.1, 0.15) is 13.8 Å². The molecule has 0 aliphatic heterocycles. The monoisotopic (exact) mass is 212 g/mol. The molecular weight excluding hydrogens is 192 g/mol. The molecular formula is C11H20N2S. The number of thioether (sulfide) groups is 1. The summed E-state index contributed by atoms with van der Waals surface area (Å²) < 4.78 is 0. The molecule has 0 saturated carbocycles. The van der Waals surface area contributed by atoms with Crippen molar-refractivity contribution in [2.75, 3.05) is 11.5 Å². The molecule has 0 rings (SSSR count). The van der Waals surface area contributed by atoms with E-state index in [1.165, 1.54) is 0 Å². The molecule has 2 nitrogen and oxygen atoms in total. The van der Waals surface area contributed by atoms with Crippen LogP contribution in [0.5, 0.6) is 0 Å². The van der Waals surface area contributed by atoms with Crippen LogP contribution in [-0.2, 0) is 0 Å².